The number of esters is 1. The number of rotatable bonds is 6. The number of amides is 1. The number of fused-ring (bicyclic) bond motifs is 1. The molecule has 0 saturated heterocycles. The topological polar surface area (TPSA) is 93.2 Å². The van der Waals surface area contributed by atoms with Gasteiger partial charge in [-0.05, 0) is 18.9 Å². The molecule has 0 unspecified atom stereocenters. The second kappa shape index (κ2) is 7.72. The fourth-order valence-corrected chi connectivity index (χ4v) is 2.36. The van der Waals surface area contributed by atoms with E-state index in [4.69, 9.17) is 4.74 Å². The summed E-state index contributed by atoms with van der Waals surface area (Å²) in [7, 11) is 0. The number of nitrogens with zero attached hydrogens (tertiary/aromatic N) is 3. The second-order valence-corrected chi connectivity index (χ2v) is 5.77. The summed E-state index contributed by atoms with van der Waals surface area (Å²) in [6.07, 6.45) is 0.283. The van der Waals surface area contributed by atoms with Crippen LogP contribution in [0.4, 0.5) is 5.69 Å². The molecule has 2 aromatic rings. The maximum absolute atomic E-state index is 11.7. The van der Waals surface area contributed by atoms with Gasteiger partial charge in [-0.3, -0.25) is 14.2 Å². The molecular formula is C17H21N3O4. The fourth-order valence-electron chi connectivity index (χ4n) is 2.36. The van der Waals surface area contributed by atoms with Gasteiger partial charge in [0.2, 0.25) is 5.88 Å². The summed E-state index contributed by atoms with van der Waals surface area (Å²) in [5, 5.41) is 18.6. The van der Waals surface area contributed by atoms with E-state index in [0.717, 1.165) is 0 Å². The highest BCUT2D eigenvalue weighted by Crippen LogP contribution is 2.38. The average molecular weight is 331 g/mol. The van der Waals surface area contributed by atoms with Gasteiger partial charge in [0, 0.05) is 11.8 Å². The molecule has 7 heteroatoms. The number of benzene rings is 1. The van der Waals surface area contributed by atoms with E-state index in [2.05, 4.69) is 10.2 Å². The normalized spacial score (nSPS) is 11.5. The van der Waals surface area contributed by atoms with E-state index in [9.17, 15) is 14.7 Å². The predicted molar refractivity (Wildman–Crippen MR) is 89.2 cm³/mol. The third-order valence-corrected chi connectivity index (χ3v) is 3.35. The molecule has 1 heterocycles. The first-order valence-electron chi connectivity index (χ1n) is 7.84. The minimum absolute atomic E-state index is 0.143. The lowest BCUT2D eigenvalue weighted by Gasteiger charge is -2.06. The van der Waals surface area contributed by atoms with Crippen LogP contribution in [0.2, 0.25) is 0 Å². The van der Waals surface area contributed by atoms with E-state index in [-0.39, 0.29) is 43.0 Å². The summed E-state index contributed by atoms with van der Waals surface area (Å²) < 4.78 is 6.32. The molecule has 0 aliphatic carbocycles. The number of ether oxygens (including phenoxy) is 1. The van der Waals surface area contributed by atoms with Crippen LogP contribution >= 0.6 is 0 Å². The molecule has 0 bridgehead atoms. The Balaban J connectivity index is 2.40. The van der Waals surface area contributed by atoms with Crippen molar-refractivity contribution in [3.05, 3.63) is 24.3 Å². The molecule has 0 saturated carbocycles. The number of aromatic hydroxyl groups is 1. The summed E-state index contributed by atoms with van der Waals surface area (Å²) >= 11 is 0. The highest BCUT2D eigenvalue weighted by Gasteiger charge is 2.19. The molecule has 1 aromatic heterocycles. The minimum Gasteiger partial charge on any atom is -0.493 e. The maximum atomic E-state index is 11.7. The van der Waals surface area contributed by atoms with Gasteiger partial charge in [-0.2, -0.15) is 0 Å². The molecule has 24 heavy (non-hydrogen) atoms. The van der Waals surface area contributed by atoms with E-state index in [1.807, 2.05) is 13.8 Å². The van der Waals surface area contributed by atoms with Crippen LogP contribution in [0, 0.1) is 5.92 Å². The van der Waals surface area contributed by atoms with Crippen LogP contribution in [0.1, 0.15) is 27.2 Å². The number of hydrogen-bond acceptors (Lipinski definition) is 5. The summed E-state index contributed by atoms with van der Waals surface area (Å²) in [6, 6.07) is 7.07. The Morgan fingerprint density at radius 3 is 2.67 bits per heavy atom. The lowest BCUT2D eigenvalue weighted by Crippen LogP contribution is -2.12. The largest absolute Gasteiger partial charge is 0.493 e. The highest BCUT2D eigenvalue weighted by molar-refractivity contribution is 5.96. The van der Waals surface area contributed by atoms with E-state index in [1.54, 1.807) is 31.2 Å². The maximum Gasteiger partial charge on any atom is 0.326 e. The minimum atomic E-state index is -0.465. The van der Waals surface area contributed by atoms with Crippen LogP contribution < -0.4 is 0 Å². The monoisotopic (exact) mass is 331 g/mol. The summed E-state index contributed by atoms with van der Waals surface area (Å²) in [5.41, 5.74) is 0.792. The van der Waals surface area contributed by atoms with Gasteiger partial charge in [-0.15, -0.1) is 10.2 Å². The van der Waals surface area contributed by atoms with Gasteiger partial charge in [-0.25, -0.2) is 0 Å². The molecule has 7 nitrogen and oxygen atoms in total. The molecule has 0 fully saturated rings. The zero-order valence-electron chi connectivity index (χ0n) is 14.0. The van der Waals surface area contributed by atoms with Crippen molar-refractivity contribution < 1.29 is 19.4 Å². The van der Waals surface area contributed by atoms with Gasteiger partial charge < -0.3 is 9.84 Å². The van der Waals surface area contributed by atoms with Crippen LogP contribution in [-0.4, -0.2) is 28.2 Å². The van der Waals surface area contributed by atoms with Crippen molar-refractivity contribution in [2.45, 2.75) is 33.7 Å². The number of carbonyl (C=O) groups excluding carboxylic acids is 2. The van der Waals surface area contributed by atoms with Crippen molar-refractivity contribution in [3.63, 3.8) is 0 Å². The van der Waals surface area contributed by atoms with Crippen molar-refractivity contribution in [2.24, 2.45) is 16.1 Å². The summed E-state index contributed by atoms with van der Waals surface area (Å²) in [6.45, 7) is 5.66. The second-order valence-electron chi connectivity index (χ2n) is 5.77. The van der Waals surface area contributed by atoms with E-state index < -0.39 is 5.97 Å². The number of azo groups is 1. The van der Waals surface area contributed by atoms with Gasteiger partial charge in [0.1, 0.15) is 6.54 Å². The van der Waals surface area contributed by atoms with Crippen molar-refractivity contribution in [1.29, 1.82) is 0 Å². The average Bonchev–Trinajstić information content (AvgIpc) is 2.77. The molecule has 128 valence electrons. The van der Waals surface area contributed by atoms with Crippen molar-refractivity contribution >= 4 is 28.5 Å². The molecule has 0 atom stereocenters. The van der Waals surface area contributed by atoms with Crippen molar-refractivity contribution in [2.75, 3.05) is 6.61 Å². The number of carbonyl (C=O) groups is 2. The van der Waals surface area contributed by atoms with Gasteiger partial charge in [-0.1, -0.05) is 32.0 Å². The number of para-hydroxylation sites is 1. The van der Waals surface area contributed by atoms with Crippen molar-refractivity contribution in [3.8, 4) is 5.88 Å². The number of aromatic nitrogens is 1. The third kappa shape index (κ3) is 3.98. The Kier molecular flexibility index (Phi) is 5.68. The van der Waals surface area contributed by atoms with Gasteiger partial charge in [0.15, 0.2) is 5.69 Å². The number of hydrogen-bond donors (Lipinski definition) is 1. The molecule has 1 amide bonds. The molecular weight excluding hydrogens is 310 g/mol. The van der Waals surface area contributed by atoms with E-state index >= 15 is 0 Å². The zero-order chi connectivity index (χ0) is 17.7. The SMILES string of the molecule is CCOC(=O)Cn1c(O)c(N=NC(=O)CC(C)C)c2ccccc21. The summed E-state index contributed by atoms with van der Waals surface area (Å²) in [4.78, 5) is 23.5. The Bertz CT molecular complexity index is 777. The van der Waals surface area contributed by atoms with Crippen LogP contribution in [0.15, 0.2) is 34.5 Å². The first-order chi connectivity index (χ1) is 11.4. The zero-order valence-corrected chi connectivity index (χ0v) is 14.0. The van der Waals surface area contributed by atoms with Gasteiger partial charge >= 0.3 is 5.97 Å². The molecule has 0 aliphatic heterocycles. The van der Waals surface area contributed by atoms with Crippen LogP contribution in [0.3, 0.4) is 0 Å². The van der Waals surface area contributed by atoms with E-state index in [1.165, 1.54) is 4.57 Å². The van der Waals surface area contributed by atoms with Gasteiger partial charge in [0.05, 0.1) is 12.1 Å². The Hall–Kier alpha value is -2.70. The first kappa shape index (κ1) is 17.7. The highest BCUT2D eigenvalue weighted by atomic mass is 16.5. The Morgan fingerprint density at radius 1 is 1.29 bits per heavy atom. The molecule has 0 spiro atoms. The fraction of sp³-hybridized carbons (Fsp3) is 0.412. The van der Waals surface area contributed by atoms with Crippen LogP contribution in [0.5, 0.6) is 5.88 Å². The molecule has 1 aromatic carbocycles. The third-order valence-electron chi connectivity index (χ3n) is 3.35. The predicted octanol–water partition coefficient (Wildman–Crippen LogP) is 3.57. The molecule has 1 N–H and O–H groups in total. The standard InChI is InChI=1S/C17H21N3O4/c1-4-24-15(22)10-20-13-8-6-5-7-12(13)16(17(20)23)19-18-14(21)9-11(2)3/h5-8,11,23H,4,9-10H2,1-3H3. The quantitative estimate of drug-likeness (QED) is 0.647. The lowest BCUT2D eigenvalue weighted by atomic mass is 10.1. The summed E-state index contributed by atoms with van der Waals surface area (Å²) in [5.74, 6) is -0.861. The Labute approximate surface area is 139 Å². The van der Waals surface area contributed by atoms with Crippen LogP contribution in [-0.2, 0) is 20.9 Å². The van der Waals surface area contributed by atoms with Crippen LogP contribution in [0.25, 0.3) is 10.9 Å². The van der Waals surface area contributed by atoms with Gasteiger partial charge in [0.25, 0.3) is 5.91 Å². The Morgan fingerprint density at radius 2 is 2.00 bits per heavy atom. The molecule has 0 aliphatic rings. The van der Waals surface area contributed by atoms with Crippen molar-refractivity contribution in [1.82, 2.24) is 4.57 Å². The smallest absolute Gasteiger partial charge is 0.326 e. The first-order valence-corrected chi connectivity index (χ1v) is 7.84. The van der Waals surface area contributed by atoms with E-state index in [0.29, 0.717) is 10.9 Å². The molecule has 2 rings (SSSR count). The molecule has 0 radical (unpaired) electrons. The lowest BCUT2D eigenvalue weighted by molar-refractivity contribution is -0.143.